The van der Waals surface area contributed by atoms with Crippen LogP contribution in [-0.2, 0) is 41.0 Å². The Bertz CT molecular complexity index is 4350. The third-order valence-electron chi connectivity index (χ3n) is 17.6. The van der Waals surface area contributed by atoms with Gasteiger partial charge in [-0.3, -0.25) is 4.79 Å². The van der Waals surface area contributed by atoms with Crippen LogP contribution in [0.25, 0.3) is 0 Å². The number of carbonyl (C=O) groups is 1. The van der Waals surface area contributed by atoms with Crippen molar-refractivity contribution in [1.82, 2.24) is 10.0 Å². The van der Waals surface area contributed by atoms with Crippen molar-refractivity contribution in [2.45, 2.75) is 38.3 Å². The molecule has 0 saturated carbocycles. The summed E-state index contributed by atoms with van der Waals surface area (Å²) in [5.74, 6) is 0.815. The maximum absolute atomic E-state index is 12.7. The number of aliphatic hydroxyl groups is 8. The third-order valence-corrected chi connectivity index (χ3v) is 20.4. The summed E-state index contributed by atoms with van der Waals surface area (Å²) in [6.07, 6.45) is 0. The Labute approximate surface area is 611 Å². The lowest BCUT2D eigenvalue weighted by Crippen LogP contribution is -2.41. The molecule has 104 heavy (non-hydrogen) atoms. The smallest absolute Gasteiger partial charge is 0.298 e. The zero-order valence-electron chi connectivity index (χ0n) is 59.2. The molecule has 3 aliphatic carbocycles. The molecule has 0 spiro atoms. The number of fused-ring (bicyclic) bond motifs is 3. The van der Waals surface area contributed by atoms with Gasteiger partial charge in [-0.05, 0) is 90.5 Å². The molecule has 0 aromatic heterocycles. The molecule has 6 aliphatic rings. The molecule has 18 rings (SSSR count). The third kappa shape index (κ3) is 16.3. The molecular weight excluding hydrogens is 1350 g/mol. The molecule has 0 radical (unpaired) electrons. The predicted molar refractivity (Wildman–Crippen MR) is 410 cm³/mol. The van der Waals surface area contributed by atoms with Crippen LogP contribution in [0, 0.1) is 0 Å². The summed E-state index contributed by atoms with van der Waals surface area (Å²) in [4.78, 5) is 13.1. The number of sulfonamides is 1. The van der Waals surface area contributed by atoms with Crippen molar-refractivity contribution in [3.8, 4) is 0 Å². The summed E-state index contributed by atoms with van der Waals surface area (Å²) in [7, 11) is 0.631. The second-order valence-electron chi connectivity index (χ2n) is 22.3. The molecule has 0 fully saturated rings. The molecule has 3 aliphatic heterocycles. The minimum atomic E-state index is -3.81. The molecule has 10 N–H and O–H groups in total. The van der Waals surface area contributed by atoms with Crippen LogP contribution >= 0.6 is 0 Å². The normalized spacial score (nSPS) is 15.5. The predicted octanol–water partition coefficient (Wildman–Crippen LogP) is 12.2. The minimum absolute atomic E-state index is 0.0247. The lowest BCUT2D eigenvalue weighted by molar-refractivity contribution is 0.0948. The van der Waals surface area contributed by atoms with Gasteiger partial charge in [0.2, 0.25) is 10.0 Å². The summed E-state index contributed by atoms with van der Waals surface area (Å²) >= 11 is 0. The highest BCUT2D eigenvalue weighted by Gasteiger charge is 2.52. The summed E-state index contributed by atoms with van der Waals surface area (Å²) < 4.78 is 59.3. The standard InChI is InChI=1S/C20H15NO.C20H14.C19H15NO2S.C19H14O3S.8CH4O/c22-19-17-13-7-8-14-18(17)20(21-19,15-9-3-1-4-10-15)16-11-5-2-6-12-16;1-2-8-14-13(7-1)19-15-9-3-5-11-17(15)20(14)18-12-6-4-10-16(18)19;21-23(22)18-14-8-7-13-17(18)19(20-23,15-9-3-1-4-10-15)16-11-5-2-6-12-16;20-23(21)18-14-8-7-13-17(18)19(22-23,15-9-3-1-4-10-15)16-11-5-2-6-12-16;8*1-2/h1-14H,(H,21,22);1-12,19-20H;1-14,20H;1-14H;8*2H,1H3. The quantitative estimate of drug-likeness (QED) is 0.0694. The van der Waals surface area contributed by atoms with Gasteiger partial charge in [0.1, 0.15) is 16.0 Å². The van der Waals surface area contributed by atoms with Gasteiger partial charge in [0.15, 0.2) is 5.60 Å². The van der Waals surface area contributed by atoms with Gasteiger partial charge in [-0.15, -0.1) is 0 Å². The summed E-state index contributed by atoms with van der Waals surface area (Å²) in [6, 6.07) is 107. The molecule has 12 aromatic rings. The summed E-state index contributed by atoms with van der Waals surface area (Å²) in [5, 5.41) is 59.2. The Balaban J connectivity index is 0.000000204. The second-order valence-corrected chi connectivity index (χ2v) is 25.4. The average molecular weight is 1440 g/mol. The molecule has 1 amide bonds. The largest absolute Gasteiger partial charge is 0.400 e. The van der Waals surface area contributed by atoms with E-state index in [-0.39, 0.29) is 10.8 Å². The first-order valence-electron chi connectivity index (χ1n) is 32.8. The maximum Gasteiger partial charge on any atom is 0.298 e. The van der Waals surface area contributed by atoms with Crippen molar-refractivity contribution in [3.05, 3.63) is 417 Å². The molecule has 12 aromatic carbocycles. The number of hydrogen-bond acceptors (Lipinski definition) is 14. The van der Waals surface area contributed by atoms with Gasteiger partial charge in [0.05, 0.1) is 4.90 Å². The van der Waals surface area contributed by atoms with Gasteiger partial charge in [-0.25, -0.2) is 12.6 Å². The molecule has 0 saturated heterocycles. The number of amides is 1. The molecule has 2 bridgehead atoms. The Morgan fingerprint density at radius 1 is 0.279 bits per heavy atom. The first kappa shape index (κ1) is 82.6. The molecule has 0 atom stereocenters. The van der Waals surface area contributed by atoms with Crippen LogP contribution in [0.15, 0.2) is 337 Å². The fraction of sp³-hybridized carbons (Fsp3) is 0.151. The highest BCUT2D eigenvalue weighted by atomic mass is 32.2. The Kier molecular flexibility index (Phi) is 31.7. The summed E-state index contributed by atoms with van der Waals surface area (Å²) in [6.45, 7) is 0. The van der Waals surface area contributed by atoms with E-state index < -0.39 is 36.8 Å². The number of aliphatic hydroxyl groups excluding tert-OH is 8. The second kappa shape index (κ2) is 39.9. The van der Waals surface area contributed by atoms with Crippen LogP contribution in [0.1, 0.15) is 106 Å². The van der Waals surface area contributed by atoms with Crippen molar-refractivity contribution in [2.24, 2.45) is 0 Å². The van der Waals surface area contributed by atoms with Gasteiger partial charge in [-0.1, -0.05) is 309 Å². The van der Waals surface area contributed by atoms with E-state index in [1.165, 1.54) is 33.4 Å². The molecular formula is C86H90N2O14S2. The molecule has 16 nitrogen and oxygen atoms in total. The first-order valence-corrected chi connectivity index (χ1v) is 35.7. The van der Waals surface area contributed by atoms with Crippen LogP contribution in [0.2, 0.25) is 0 Å². The maximum atomic E-state index is 12.7. The lowest BCUT2D eigenvalue weighted by Gasteiger charge is -2.42. The van der Waals surface area contributed by atoms with E-state index >= 15 is 0 Å². The van der Waals surface area contributed by atoms with Crippen molar-refractivity contribution in [3.63, 3.8) is 0 Å². The van der Waals surface area contributed by atoms with Gasteiger partial charge < -0.3 is 46.2 Å². The highest BCUT2D eigenvalue weighted by molar-refractivity contribution is 7.90. The zero-order chi connectivity index (χ0) is 75.9. The van der Waals surface area contributed by atoms with Gasteiger partial charge in [0, 0.05) is 85.4 Å². The number of rotatable bonds is 6. The van der Waals surface area contributed by atoms with E-state index in [1.807, 2.05) is 206 Å². The van der Waals surface area contributed by atoms with Crippen molar-refractivity contribution in [1.29, 1.82) is 0 Å². The van der Waals surface area contributed by atoms with Gasteiger partial charge in [0.25, 0.3) is 16.0 Å². The Hall–Kier alpha value is -10.4. The Morgan fingerprint density at radius 3 is 0.865 bits per heavy atom. The molecule has 18 heteroatoms. The van der Waals surface area contributed by atoms with Crippen LogP contribution in [-0.4, -0.2) is 120 Å². The first-order chi connectivity index (χ1) is 51.1. The SMILES string of the molecule is CO.CO.CO.CO.CO.CO.CO.CO.O=C1NC(c2ccccc2)(c2ccccc2)c2ccccc21.O=S1(=O)NC(c2ccccc2)(c2ccccc2)c2ccccc21.O=S1(=O)OC(c2ccccc2)(c2ccccc2)c2ccccc21.c1ccc2c(c1)C1c3ccccc3C2c2ccccc21. The zero-order valence-corrected chi connectivity index (χ0v) is 60.8. The van der Waals surface area contributed by atoms with Crippen LogP contribution in [0.4, 0.5) is 0 Å². The highest BCUT2D eigenvalue weighted by Crippen LogP contribution is 2.56. The number of benzene rings is 12. The van der Waals surface area contributed by atoms with E-state index in [4.69, 9.17) is 45.0 Å². The minimum Gasteiger partial charge on any atom is -0.400 e. The van der Waals surface area contributed by atoms with Crippen molar-refractivity contribution >= 4 is 26.0 Å². The van der Waals surface area contributed by atoms with Crippen LogP contribution in [0.3, 0.4) is 0 Å². The Morgan fingerprint density at radius 2 is 0.529 bits per heavy atom. The fourth-order valence-electron chi connectivity index (χ4n) is 13.9. The number of hydrogen-bond donors (Lipinski definition) is 10. The summed E-state index contributed by atoms with van der Waals surface area (Å²) in [5.41, 5.74) is 15.0. The van der Waals surface area contributed by atoms with Gasteiger partial charge >= 0.3 is 0 Å². The fourth-order valence-corrected chi connectivity index (χ4v) is 16.9. The monoisotopic (exact) mass is 1440 g/mol. The van der Waals surface area contributed by atoms with E-state index in [1.54, 1.807) is 24.3 Å². The van der Waals surface area contributed by atoms with Crippen LogP contribution in [0.5, 0.6) is 0 Å². The number of carbonyl (C=O) groups excluding carboxylic acids is 1. The van der Waals surface area contributed by atoms with E-state index in [2.05, 4.69) is 107 Å². The molecule has 3 heterocycles. The lowest BCUT2D eigenvalue weighted by atomic mass is 9.61. The van der Waals surface area contributed by atoms with E-state index in [0.717, 1.165) is 107 Å². The van der Waals surface area contributed by atoms with Crippen LogP contribution < -0.4 is 10.0 Å². The van der Waals surface area contributed by atoms with E-state index in [9.17, 15) is 21.6 Å². The molecule has 0 unspecified atom stereocenters. The van der Waals surface area contributed by atoms with Crippen molar-refractivity contribution < 1.29 is 66.7 Å². The molecule has 540 valence electrons. The van der Waals surface area contributed by atoms with E-state index in [0.29, 0.717) is 22.3 Å². The van der Waals surface area contributed by atoms with Gasteiger partial charge in [-0.2, -0.15) is 13.1 Å². The number of nitrogens with one attached hydrogen (secondary N) is 2. The topological polar surface area (TPSA) is 280 Å². The van der Waals surface area contributed by atoms with Crippen molar-refractivity contribution in [2.75, 3.05) is 56.9 Å². The average Bonchev–Trinajstić information content (AvgIpc) is 0.989.